The molecule has 8 heteroatoms. The van der Waals surface area contributed by atoms with Crippen LogP contribution in [0.3, 0.4) is 0 Å². The van der Waals surface area contributed by atoms with Crippen LogP contribution < -0.4 is 10.6 Å². The molecule has 0 aliphatic rings. The molecule has 0 spiro atoms. The first kappa shape index (κ1) is 23.0. The van der Waals surface area contributed by atoms with Crippen LogP contribution in [-0.4, -0.2) is 26.8 Å². The molecule has 0 aliphatic heterocycles. The van der Waals surface area contributed by atoms with Gasteiger partial charge in [0.15, 0.2) is 5.65 Å². The lowest BCUT2D eigenvalue weighted by molar-refractivity contribution is -0.111. The molecule has 0 atom stereocenters. The zero-order valence-corrected chi connectivity index (χ0v) is 19.7. The fourth-order valence-corrected chi connectivity index (χ4v) is 3.80. The predicted octanol–water partition coefficient (Wildman–Crippen LogP) is 6.18. The zero-order valence-electron chi connectivity index (χ0n) is 18.9. The Kier molecular flexibility index (Phi) is 6.55. The highest BCUT2D eigenvalue weighted by atomic mass is 35.5. The van der Waals surface area contributed by atoms with E-state index in [4.69, 9.17) is 11.6 Å². The van der Waals surface area contributed by atoms with Crippen LogP contribution in [0.2, 0.25) is 5.02 Å². The van der Waals surface area contributed by atoms with Gasteiger partial charge in [0.05, 0.1) is 28.0 Å². The summed E-state index contributed by atoms with van der Waals surface area (Å²) in [6.45, 7) is 0. The van der Waals surface area contributed by atoms with Gasteiger partial charge in [0.2, 0.25) is 5.91 Å². The average Bonchev–Trinajstić information content (AvgIpc) is 3.33. The van der Waals surface area contributed by atoms with Crippen LogP contribution in [0.15, 0.2) is 97.2 Å². The number of hydrogen-bond donors (Lipinski definition) is 3. The largest absolute Gasteiger partial charge is 0.337 e. The number of halogens is 1. The van der Waals surface area contributed by atoms with Gasteiger partial charge in [-0.05, 0) is 35.9 Å². The maximum atomic E-state index is 13.0. The molecule has 3 N–H and O–H groups in total. The van der Waals surface area contributed by atoms with Gasteiger partial charge in [0.25, 0.3) is 5.91 Å². The van der Waals surface area contributed by atoms with Crippen molar-refractivity contribution in [1.82, 2.24) is 15.0 Å². The first-order chi connectivity index (χ1) is 17.5. The number of carbonyl (C=O) groups is 2. The number of aromatic nitrogens is 3. The smallest absolute Gasteiger partial charge is 0.257 e. The maximum absolute atomic E-state index is 13.0. The van der Waals surface area contributed by atoms with E-state index in [2.05, 4.69) is 25.6 Å². The summed E-state index contributed by atoms with van der Waals surface area (Å²) in [6, 6.07) is 25.7. The van der Waals surface area contributed by atoms with Crippen LogP contribution in [0, 0.1) is 0 Å². The third-order valence-electron chi connectivity index (χ3n) is 5.35. The molecule has 0 aliphatic carbocycles. The second-order valence-corrected chi connectivity index (χ2v) is 8.34. The summed E-state index contributed by atoms with van der Waals surface area (Å²) in [7, 11) is 0. The lowest BCUT2D eigenvalue weighted by Crippen LogP contribution is -2.14. The Morgan fingerprint density at radius 3 is 2.39 bits per heavy atom. The topological polar surface area (TPSA) is 99.8 Å². The summed E-state index contributed by atoms with van der Waals surface area (Å²) in [5.41, 5.74) is 4.21. The van der Waals surface area contributed by atoms with Crippen molar-refractivity contribution >= 4 is 52.0 Å². The van der Waals surface area contributed by atoms with E-state index < -0.39 is 5.91 Å². The average molecular weight is 494 g/mol. The van der Waals surface area contributed by atoms with Gasteiger partial charge in [-0.25, -0.2) is 9.97 Å². The van der Waals surface area contributed by atoms with Crippen molar-refractivity contribution in [3.63, 3.8) is 0 Å². The van der Waals surface area contributed by atoms with Crippen LogP contribution in [0.5, 0.6) is 0 Å². The number of hydrogen-bond acceptors (Lipinski definition) is 4. The number of benzene rings is 3. The number of carbonyl (C=O) groups excluding carboxylic acids is 2. The molecule has 3 aromatic carbocycles. The number of pyridine rings is 1. The van der Waals surface area contributed by atoms with E-state index in [0.717, 1.165) is 11.1 Å². The van der Waals surface area contributed by atoms with Gasteiger partial charge in [-0.2, -0.15) is 0 Å². The van der Waals surface area contributed by atoms with Crippen LogP contribution >= 0.6 is 11.6 Å². The second-order valence-electron chi connectivity index (χ2n) is 7.93. The summed E-state index contributed by atoms with van der Waals surface area (Å²) in [4.78, 5) is 37.4. The van der Waals surface area contributed by atoms with E-state index in [-0.39, 0.29) is 16.5 Å². The molecule has 0 fully saturated rings. The number of rotatable bonds is 6. The van der Waals surface area contributed by atoms with E-state index in [9.17, 15) is 9.59 Å². The highest BCUT2D eigenvalue weighted by molar-refractivity contribution is 6.34. The number of amides is 2. The Balaban J connectivity index is 1.30. The van der Waals surface area contributed by atoms with Gasteiger partial charge in [0, 0.05) is 17.3 Å². The third-order valence-corrected chi connectivity index (χ3v) is 5.68. The van der Waals surface area contributed by atoms with Crippen molar-refractivity contribution < 1.29 is 9.59 Å². The summed E-state index contributed by atoms with van der Waals surface area (Å²) in [6.07, 6.45) is 4.67. The Hall–Kier alpha value is -4.75. The van der Waals surface area contributed by atoms with Crippen LogP contribution in [-0.2, 0) is 4.79 Å². The number of fused-ring (bicyclic) bond motifs is 1. The number of aromatic amines is 1. The molecule has 0 saturated carbocycles. The Bertz CT molecular complexity index is 1580. The van der Waals surface area contributed by atoms with E-state index in [1.54, 1.807) is 24.3 Å². The van der Waals surface area contributed by atoms with Gasteiger partial charge in [0.1, 0.15) is 5.82 Å². The molecule has 36 heavy (non-hydrogen) atoms. The summed E-state index contributed by atoms with van der Waals surface area (Å²) in [5, 5.41) is 5.81. The Labute approximate surface area is 211 Å². The van der Waals surface area contributed by atoms with Gasteiger partial charge in [-0.1, -0.05) is 72.3 Å². The first-order valence-electron chi connectivity index (χ1n) is 11.1. The van der Waals surface area contributed by atoms with Crippen molar-refractivity contribution in [3.05, 3.63) is 113 Å². The van der Waals surface area contributed by atoms with Crippen molar-refractivity contribution in [3.8, 4) is 11.4 Å². The first-order valence-corrected chi connectivity index (χ1v) is 11.5. The molecule has 2 heterocycles. The minimum absolute atomic E-state index is 0.219. The van der Waals surface area contributed by atoms with E-state index in [0.29, 0.717) is 28.4 Å². The fraction of sp³-hybridized carbons (Fsp3) is 0. The minimum Gasteiger partial charge on any atom is -0.337 e. The van der Waals surface area contributed by atoms with Gasteiger partial charge >= 0.3 is 0 Å². The standard InChI is InChI=1S/C28H20ClN5O2/c29-23-13-12-20(31-25(35)14-11-18-7-3-1-4-8-18)15-22(23)28(36)32-21-16-24-27(30-17-21)34-26(33-24)19-9-5-2-6-10-19/h1-17H,(H,31,35)(H,32,36)(H,30,33,34). The van der Waals surface area contributed by atoms with Crippen molar-refractivity contribution in [2.24, 2.45) is 0 Å². The van der Waals surface area contributed by atoms with Crippen LogP contribution in [0.4, 0.5) is 11.4 Å². The molecule has 0 unspecified atom stereocenters. The van der Waals surface area contributed by atoms with E-state index in [1.165, 1.54) is 18.3 Å². The molecule has 0 bridgehead atoms. The molecular formula is C28H20ClN5O2. The molecule has 0 saturated heterocycles. The highest BCUT2D eigenvalue weighted by Crippen LogP contribution is 2.24. The lowest BCUT2D eigenvalue weighted by Gasteiger charge is -2.09. The number of nitrogens with zero attached hydrogens (tertiary/aromatic N) is 2. The molecule has 176 valence electrons. The maximum Gasteiger partial charge on any atom is 0.257 e. The molecule has 5 aromatic rings. The second kappa shape index (κ2) is 10.2. The van der Waals surface area contributed by atoms with Gasteiger partial charge in [-0.15, -0.1) is 0 Å². The summed E-state index contributed by atoms with van der Waals surface area (Å²) >= 11 is 6.28. The fourth-order valence-electron chi connectivity index (χ4n) is 3.60. The molecule has 2 aromatic heterocycles. The van der Waals surface area contributed by atoms with E-state index >= 15 is 0 Å². The van der Waals surface area contributed by atoms with Crippen molar-refractivity contribution in [1.29, 1.82) is 0 Å². The van der Waals surface area contributed by atoms with Crippen molar-refractivity contribution in [2.75, 3.05) is 10.6 Å². The lowest BCUT2D eigenvalue weighted by atomic mass is 10.1. The molecular weight excluding hydrogens is 474 g/mol. The number of nitrogens with one attached hydrogen (secondary N) is 3. The monoisotopic (exact) mass is 493 g/mol. The Morgan fingerprint density at radius 1 is 0.861 bits per heavy atom. The third kappa shape index (κ3) is 5.32. The predicted molar refractivity (Wildman–Crippen MR) is 143 cm³/mol. The minimum atomic E-state index is -0.431. The van der Waals surface area contributed by atoms with Gasteiger partial charge < -0.3 is 15.6 Å². The number of imidazole rings is 1. The molecule has 5 rings (SSSR count). The van der Waals surface area contributed by atoms with Crippen LogP contribution in [0.25, 0.3) is 28.6 Å². The van der Waals surface area contributed by atoms with E-state index in [1.807, 2.05) is 60.7 Å². The SMILES string of the molecule is O=C(C=Cc1ccccc1)Nc1ccc(Cl)c(C(=O)Nc2cnc3nc(-c4ccccc4)[nH]c3c2)c1. The van der Waals surface area contributed by atoms with Crippen molar-refractivity contribution in [2.45, 2.75) is 0 Å². The quantitative estimate of drug-likeness (QED) is 0.246. The number of H-pyrrole nitrogens is 1. The molecule has 7 nitrogen and oxygen atoms in total. The molecule has 0 radical (unpaired) electrons. The highest BCUT2D eigenvalue weighted by Gasteiger charge is 2.14. The summed E-state index contributed by atoms with van der Waals surface area (Å²) in [5.74, 6) is -0.0649. The Morgan fingerprint density at radius 2 is 1.61 bits per heavy atom. The number of anilines is 2. The van der Waals surface area contributed by atoms with Gasteiger partial charge in [-0.3, -0.25) is 9.59 Å². The summed E-state index contributed by atoms with van der Waals surface area (Å²) < 4.78 is 0. The zero-order chi connectivity index (χ0) is 24.9. The normalized spacial score (nSPS) is 11.0. The molecule has 2 amide bonds. The van der Waals surface area contributed by atoms with Crippen LogP contribution in [0.1, 0.15) is 15.9 Å².